The van der Waals surface area contributed by atoms with Crippen LogP contribution in [0.2, 0.25) is 0 Å². The van der Waals surface area contributed by atoms with Gasteiger partial charge in [-0.3, -0.25) is 9.78 Å². The summed E-state index contributed by atoms with van der Waals surface area (Å²) >= 11 is 0. The van der Waals surface area contributed by atoms with Crippen LogP contribution in [0.1, 0.15) is 16.1 Å². The van der Waals surface area contributed by atoms with E-state index in [1.54, 1.807) is 36.8 Å². The van der Waals surface area contributed by atoms with Gasteiger partial charge < -0.3 is 14.8 Å². The summed E-state index contributed by atoms with van der Waals surface area (Å²) in [5.74, 6) is -0.135. The largest absolute Gasteiger partial charge is 0.356 e. The summed E-state index contributed by atoms with van der Waals surface area (Å²) in [6.45, 7) is 0.373. The fraction of sp³-hybridized carbons (Fsp3) is 0.0500. The van der Waals surface area contributed by atoms with Gasteiger partial charge in [0.2, 0.25) is 0 Å². The van der Waals surface area contributed by atoms with Gasteiger partial charge in [0.05, 0.1) is 6.20 Å². The van der Waals surface area contributed by atoms with Gasteiger partial charge in [-0.25, -0.2) is 4.39 Å². The number of H-pyrrole nitrogens is 1. The number of halogens is 1. The summed E-state index contributed by atoms with van der Waals surface area (Å²) in [6.07, 6.45) is 6.55. The topological polar surface area (TPSA) is 83.8 Å². The minimum atomic E-state index is -0.343. The lowest BCUT2D eigenvalue weighted by Gasteiger charge is -2.03. The van der Waals surface area contributed by atoms with Crippen molar-refractivity contribution in [2.45, 2.75) is 6.54 Å². The quantitative estimate of drug-likeness (QED) is 0.566. The van der Waals surface area contributed by atoms with Gasteiger partial charge >= 0.3 is 0 Å². The third kappa shape index (κ3) is 3.62. The lowest BCUT2D eigenvalue weighted by atomic mass is 10.0. The normalized spacial score (nSPS) is 10.7. The van der Waals surface area contributed by atoms with Gasteiger partial charge in [-0.15, -0.1) is 0 Å². The smallest absolute Gasteiger partial charge is 0.267 e. The van der Waals surface area contributed by atoms with Crippen molar-refractivity contribution < 1.29 is 13.7 Å². The molecule has 1 aromatic carbocycles. The first kappa shape index (κ1) is 16.7. The number of rotatable bonds is 5. The van der Waals surface area contributed by atoms with Crippen molar-refractivity contribution in [1.82, 2.24) is 20.4 Å². The second-order valence-electron chi connectivity index (χ2n) is 5.92. The molecule has 27 heavy (non-hydrogen) atoms. The molecule has 1 amide bonds. The van der Waals surface area contributed by atoms with E-state index in [1.807, 2.05) is 12.1 Å². The van der Waals surface area contributed by atoms with Gasteiger partial charge in [-0.1, -0.05) is 23.4 Å². The Hall–Kier alpha value is -3.74. The predicted molar refractivity (Wildman–Crippen MR) is 97.1 cm³/mol. The zero-order valence-corrected chi connectivity index (χ0v) is 14.1. The first-order chi connectivity index (χ1) is 13.2. The summed E-state index contributed by atoms with van der Waals surface area (Å²) in [5, 5.41) is 6.64. The molecule has 0 aliphatic rings. The Labute approximate surface area is 154 Å². The fourth-order valence-electron chi connectivity index (χ4n) is 2.75. The molecule has 4 rings (SSSR count). The zero-order chi connectivity index (χ0) is 18.6. The molecule has 0 saturated carbocycles. The predicted octanol–water partition coefficient (Wildman–Crippen LogP) is 3.80. The monoisotopic (exact) mass is 362 g/mol. The van der Waals surface area contributed by atoms with E-state index in [-0.39, 0.29) is 11.7 Å². The summed E-state index contributed by atoms with van der Waals surface area (Å²) in [7, 11) is 0. The van der Waals surface area contributed by atoms with Gasteiger partial charge in [0, 0.05) is 36.3 Å². The van der Waals surface area contributed by atoms with E-state index in [0.29, 0.717) is 34.7 Å². The molecule has 0 bridgehead atoms. The van der Waals surface area contributed by atoms with Gasteiger partial charge in [0.1, 0.15) is 11.5 Å². The number of aromatic nitrogens is 3. The SMILES string of the molecule is O=C(NCc1cccnc1)c1cc(-c2oncc2-c2cccc(F)c2)c[nH]1. The Morgan fingerprint density at radius 2 is 2.07 bits per heavy atom. The number of carbonyl (C=O) groups excluding carboxylic acids is 1. The molecule has 4 aromatic rings. The average molecular weight is 362 g/mol. The van der Waals surface area contributed by atoms with Crippen LogP contribution in [0.3, 0.4) is 0 Å². The van der Waals surface area contributed by atoms with E-state index in [9.17, 15) is 9.18 Å². The highest BCUT2D eigenvalue weighted by Crippen LogP contribution is 2.32. The lowest BCUT2D eigenvalue weighted by molar-refractivity contribution is 0.0946. The van der Waals surface area contributed by atoms with Gasteiger partial charge in [-0.05, 0) is 35.4 Å². The summed E-state index contributed by atoms with van der Waals surface area (Å²) in [4.78, 5) is 19.3. The Bertz CT molecular complexity index is 1070. The van der Waals surface area contributed by atoms with E-state index >= 15 is 0 Å². The molecule has 2 N–H and O–H groups in total. The number of hydrogen-bond donors (Lipinski definition) is 2. The molecule has 7 heteroatoms. The van der Waals surface area contributed by atoms with Crippen molar-refractivity contribution in [2.24, 2.45) is 0 Å². The van der Waals surface area contributed by atoms with Crippen LogP contribution in [0.5, 0.6) is 0 Å². The van der Waals surface area contributed by atoms with E-state index < -0.39 is 0 Å². The highest BCUT2D eigenvalue weighted by molar-refractivity contribution is 5.94. The summed E-state index contributed by atoms with van der Waals surface area (Å²) in [5.41, 5.74) is 3.24. The van der Waals surface area contributed by atoms with Crippen LogP contribution < -0.4 is 5.32 Å². The highest BCUT2D eigenvalue weighted by atomic mass is 19.1. The van der Waals surface area contributed by atoms with E-state index in [2.05, 4.69) is 20.4 Å². The highest BCUT2D eigenvalue weighted by Gasteiger charge is 2.17. The third-order valence-corrected chi connectivity index (χ3v) is 4.07. The zero-order valence-electron chi connectivity index (χ0n) is 14.1. The lowest BCUT2D eigenvalue weighted by Crippen LogP contribution is -2.23. The van der Waals surface area contributed by atoms with Crippen molar-refractivity contribution >= 4 is 5.91 Å². The molecule has 0 radical (unpaired) electrons. The standard InChI is InChI=1S/C20H15FN4O2/c21-16-5-1-4-14(7-16)17-12-25-27-19(17)15-8-18(23-11-15)20(26)24-10-13-3-2-6-22-9-13/h1-9,11-12,23H,10H2,(H,24,26). The van der Waals surface area contributed by atoms with Crippen LogP contribution in [0.15, 0.2) is 71.8 Å². The van der Waals surface area contributed by atoms with Crippen LogP contribution in [0, 0.1) is 5.82 Å². The van der Waals surface area contributed by atoms with Crippen molar-refractivity contribution in [3.8, 4) is 22.5 Å². The molecule has 3 heterocycles. The number of carbonyl (C=O) groups is 1. The maximum atomic E-state index is 13.5. The Morgan fingerprint density at radius 1 is 1.15 bits per heavy atom. The maximum absolute atomic E-state index is 13.5. The molecule has 6 nitrogen and oxygen atoms in total. The summed E-state index contributed by atoms with van der Waals surface area (Å²) < 4.78 is 18.8. The number of nitrogens with one attached hydrogen (secondary N) is 2. The first-order valence-corrected chi connectivity index (χ1v) is 8.27. The Kier molecular flexibility index (Phi) is 4.49. The molecule has 0 spiro atoms. The van der Waals surface area contributed by atoms with Gasteiger partial charge in [0.15, 0.2) is 5.76 Å². The summed E-state index contributed by atoms with van der Waals surface area (Å²) in [6, 6.07) is 11.5. The second-order valence-corrected chi connectivity index (χ2v) is 5.92. The van der Waals surface area contributed by atoms with Crippen molar-refractivity contribution in [1.29, 1.82) is 0 Å². The number of pyridine rings is 1. The Balaban J connectivity index is 1.53. The molecule has 3 aromatic heterocycles. The van der Waals surface area contributed by atoms with Crippen LogP contribution in [0.25, 0.3) is 22.5 Å². The molecule has 0 fully saturated rings. The van der Waals surface area contributed by atoms with Crippen molar-refractivity contribution in [3.63, 3.8) is 0 Å². The van der Waals surface area contributed by atoms with Gasteiger partial charge in [-0.2, -0.15) is 0 Å². The van der Waals surface area contributed by atoms with Crippen LogP contribution >= 0.6 is 0 Å². The minimum Gasteiger partial charge on any atom is -0.356 e. The molecule has 134 valence electrons. The molecule has 0 saturated heterocycles. The van der Waals surface area contributed by atoms with Crippen molar-refractivity contribution in [3.05, 3.63) is 84.3 Å². The third-order valence-electron chi connectivity index (χ3n) is 4.07. The molecular formula is C20H15FN4O2. The molecule has 0 unspecified atom stereocenters. The fourth-order valence-corrected chi connectivity index (χ4v) is 2.75. The van der Waals surface area contributed by atoms with E-state index in [4.69, 9.17) is 4.52 Å². The minimum absolute atomic E-state index is 0.253. The number of nitrogens with zero attached hydrogens (tertiary/aromatic N) is 2. The number of aromatic amines is 1. The molecular weight excluding hydrogens is 347 g/mol. The van der Waals surface area contributed by atoms with Crippen LogP contribution in [-0.2, 0) is 6.54 Å². The molecule has 0 aliphatic carbocycles. The van der Waals surface area contributed by atoms with Gasteiger partial charge in [0.25, 0.3) is 5.91 Å². The van der Waals surface area contributed by atoms with Crippen LogP contribution in [-0.4, -0.2) is 21.0 Å². The number of benzene rings is 1. The second kappa shape index (κ2) is 7.25. The van der Waals surface area contributed by atoms with Crippen molar-refractivity contribution in [2.75, 3.05) is 0 Å². The molecule has 0 atom stereocenters. The van der Waals surface area contributed by atoms with E-state index in [1.165, 1.54) is 18.3 Å². The molecule has 0 aliphatic heterocycles. The first-order valence-electron chi connectivity index (χ1n) is 8.27. The van der Waals surface area contributed by atoms with Crippen LogP contribution in [0.4, 0.5) is 4.39 Å². The number of amides is 1. The average Bonchev–Trinajstić information content (AvgIpc) is 3.36. The Morgan fingerprint density at radius 3 is 2.89 bits per heavy atom. The van der Waals surface area contributed by atoms with E-state index in [0.717, 1.165) is 5.56 Å². The maximum Gasteiger partial charge on any atom is 0.267 e. The number of hydrogen-bond acceptors (Lipinski definition) is 4.